The zero-order valence-corrected chi connectivity index (χ0v) is 8.73. The molecule has 1 aromatic carbocycles. The number of carbonyl (C=O) groups is 1. The van der Waals surface area contributed by atoms with E-state index in [0.717, 1.165) is 12.2 Å². The maximum Gasteiger partial charge on any atom is 0.322 e. The van der Waals surface area contributed by atoms with Gasteiger partial charge in [0.15, 0.2) is 0 Å². The molecule has 1 unspecified atom stereocenters. The number of benzene rings is 1. The van der Waals surface area contributed by atoms with Crippen molar-refractivity contribution in [3.8, 4) is 0 Å². The van der Waals surface area contributed by atoms with Crippen LogP contribution in [0.1, 0.15) is 6.92 Å². The lowest BCUT2D eigenvalue weighted by atomic mass is 10.3. The molecule has 1 aliphatic heterocycles. The van der Waals surface area contributed by atoms with Gasteiger partial charge < -0.3 is 10.2 Å². The standard InChI is InChI=1S/C11H15N3O/c1-9-7-14(8-12-9)11(15)13-10-5-3-2-4-6-10/h2-6,9,12H,7-8H2,1H3,(H,13,15). The summed E-state index contributed by atoms with van der Waals surface area (Å²) in [6.07, 6.45) is 0. The van der Waals surface area contributed by atoms with Gasteiger partial charge in [0.05, 0.1) is 6.67 Å². The van der Waals surface area contributed by atoms with Gasteiger partial charge in [0.1, 0.15) is 0 Å². The number of carbonyl (C=O) groups excluding carboxylic acids is 1. The van der Waals surface area contributed by atoms with Crippen LogP contribution in [0, 0.1) is 0 Å². The predicted molar refractivity (Wildman–Crippen MR) is 59.6 cm³/mol. The average molecular weight is 205 g/mol. The Bertz CT molecular complexity index is 339. The minimum Gasteiger partial charge on any atom is -0.310 e. The first-order valence-corrected chi connectivity index (χ1v) is 5.10. The number of nitrogens with one attached hydrogen (secondary N) is 2. The lowest BCUT2D eigenvalue weighted by Crippen LogP contribution is -2.33. The molecule has 1 fully saturated rings. The van der Waals surface area contributed by atoms with Gasteiger partial charge in [-0.05, 0) is 19.1 Å². The van der Waals surface area contributed by atoms with Gasteiger partial charge in [-0.3, -0.25) is 5.32 Å². The van der Waals surface area contributed by atoms with Crippen LogP contribution < -0.4 is 10.6 Å². The van der Waals surface area contributed by atoms with Crippen LogP contribution in [0.25, 0.3) is 0 Å². The summed E-state index contributed by atoms with van der Waals surface area (Å²) < 4.78 is 0. The first-order valence-electron chi connectivity index (χ1n) is 5.10. The van der Waals surface area contributed by atoms with Crippen LogP contribution in [0.5, 0.6) is 0 Å². The smallest absolute Gasteiger partial charge is 0.310 e. The van der Waals surface area contributed by atoms with Crippen LogP contribution in [0.4, 0.5) is 10.5 Å². The molecule has 0 aromatic heterocycles. The molecule has 2 N–H and O–H groups in total. The van der Waals surface area contributed by atoms with E-state index in [4.69, 9.17) is 0 Å². The van der Waals surface area contributed by atoms with Crippen molar-refractivity contribution in [3.63, 3.8) is 0 Å². The summed E-state index contributed by atoms with van der Waals surface area (Å²) in [5.41, 5.74) is 0.835. The van der Waals surface area contributed by atoms with Gasteiger partial charge in [-0.25, -0.2) is 4.79 Å². The molecule has 0 bridgehead atoms. The molecule has 0 spiro atoms. The molecular weight excluding hydrogens is 190 g/mol. The number of nitrogens with zero attached hydrogens (tertiary/aromatic N) is 1. The molecule has 80 valence electrons. The van der Waals surface area contributed by atoms with Gasteiger partial charge >= 0.3 is 6.03 Å². The highest BCUT2D eigenvalue weighted by Gasteiger charge is 2.22. The van der Waals surface area contributed by atoms with E-state index in [2.05, 4.69) is 17.6 Å². The van der Waals surface area contributed by atoms with Crippen molar-refractivity contribution in [1.29, 1.82) is 0 Å². The first kappa shape index (κ1) is 9.98. The second-order valence-corrected chi connectivity index (χ2v) is 3.78. The van der Waals surface area contributed by atoms with Crippen molar-refractivity contribution in [2.24, 2.45) is 0 Å². The molecule has 4 nitrogen and oxygen atoms in total. The molecule has 0 radical (unpaired) electrons. The summed E-state index contributed by atoms with van der Waals surface area (Å²) in [5.74, 6) is 0. The highest BCUT2D eigenvalue weighted by Crippen LogP contribution is 2.08. The highest BCUT2D eigenvalue weighted by atomic mass is 16.2. The first-order chi connectivity index (χ1) is 7.25. The Hall–Kier alpha value is -1.55. The van der Waals surface area contributed by atoms with Crippen LogP contribution >= 0.6 is 0 Å². The van der Waals surface area contributed by atoms with E-state index in [-0.39, 0.29) is 6.03 Å². The van der Waals surface area contributed by atoms with Gasteiger partial charge in [0.25, 0.3) is 0 Å². The number of anilines is 1. The fourth-order valence-electron chi connectivity index (χ4n) is 1.60. The molecule has 1 aliphatic rings. The average Bonchev–Trinajstić information content (AvgIpc) is 2.66. The molecule has 2 rings (SSSR count). The predicted octanol–water partition coefficient (Wildman–Crippen LogP) is 1.47. The van der Waals surface area contributed by atoms with E-state index in [1.54, 1.807) is 4.90 Å². The molecule has 0 saturated carbocycles. The minimum atomic E-state index is -0.0435. The lowest BCUT2D eigenvalue weighted by Gasteiger charge is -2.15. The van der Waals surface area contributed by atoms with Crippen molar-refractivity contribution in [1.82, 2.24) is 10.2 Å². The van der Waals surface area contributed by atoms with E-state index >= 15 is 0 Å². The number of para-hydroxylation sites is 1. The van der Waals surface area contributed by atoms with Crippen LogP contribution in [-0.4, -0.2) is 30.2 Å². The maximum absolute atomic E-state index is 11.7. The Morgan fingerprint density at radius 2 is 2.20 bits per heavy atom. The van der Waals surface area contributed by atoms with Gasteiger partial charge in [-0.1, -0.05) is 18.2 Å². The fourth-order valence-corrected chi connectivity index (χ4v) is 1.60. The molecule has 1 atom stereocenters. The van der Waals surface area contributed by atoms with Crippen LogP contribution in [0.15, 0.2) is 30.3 Å². The van der Waals surface area contributed by atoms with E-state index < -0.39 is 0 Å². The molecule has 0 aliphatic carbocycles. The van der Waals surface area contributed by atoms with Crippen molar-refractivity contribution in [3.05, 3.63) is 30.3 Å². The highest BCUT2D eigenvalue weighted by molar-refractivity contribution is 5.89. The third-order valence-electron chi connectivity index (χ3n) is 2.44. The zero-order chi connectivity index (χ0) is 10.7. The second kappa shape index (κ2) is 4.31. The third kappa shape index (κ3) is 2.47. The minimum absolute atomic E-state index is 0.0435. The monoisotopic (exact) mass is 205 g/mol. The van der Waals surface area contributed by atoms with Crippen molar-refractivity contribution < 1.29 is 4.79 Å². The van der Waals surface area contributed by atoms with Gasteiger partial charge in [-0.2, -0.15) is 0 Å². The summed E-state index contributed by atoms with van der Waals surface area (Å²) >= 11 is 0. The fraction of sp³-hybridized carbons (Fsp3) is 0.364. The van der Waals surface area contributed by atoms with Crippen molar-refractivity contribution in [2.75, 3.05) is 18.5 Å². The van der Waals surface area contributed by atoms with E-state index in [9.17, 15) is 4.79 Å². The summed E-state index contributed by atoms with van der Waals surface area (Å²) in [6.45, 7) is 3.45. The van der Waals surface area contributed by atoms with Crippen molar-refractivity contribution in [2.45, 2.75) is 13.0 Å². The number of rotatable bonds is 1. The summed E-state index contributed by atoms with van der Waals surface area (Å²) in [7, 11) is 0. The molecule has 15 heavy (non-hydrogen) atoms. The Kier molecular flexibility index (Phi) is 2.87. The summed E-state index contributed by atoms with van der Waals surface area (Å²) in [5, 5.41) is 6.05. The largest absolute Gasteiger partial charge is 0.322 e. The Morgan fingerprint density at radius 3 is 2.80 bits per heavy atom. The molecule has 1 heterocycles. The summed E-state index contributed by atoms with van der Waals surface area (Å²) in [4.78, 5) is 13.5. The SMILES string of the molecule is CC1CN(C(=O)Nc2ccccc2)CN1. The molecular formula is C11H15N3O. The second-order valence-electron chi connectivity index (χ2n) is 3.78. The Balaban J connectivity index is 1.93. The lowest BCUT2D eigenvalue weighted by molar-refractivity contribution is 0.221. The number of urea groups is 1. The van der Waals surface area contributed by atoms with Gasteiger partial charge in [0, 0.05) is 18.3 Å². The molecule has 1 saturated heterocycles. The Labute approximate surface area is 89.3 Å². The zero-order valence-electron chi connectivity index (χ0n) is 8.73. The molecule has 4 heteroatoms. The topological polar surface area (TPSA) is 44.4 Å². The quantitative estimate of drug-likeness (QED) is 0.729. The number of hydrogen-bond acceptors (Lipinski definition) is 2. The van der Waals surface area contributed by atoms with Crippen LogP contribution in [-0.2, 0) is 0 Å². The van der Waals surface area contributed by atoms with E-state index in [1.165, 1.54) is 0 Å². The Morgan fingerprint density at radius 1 is 1.47 bits per heavy atom. The van der Waals surface area contributed by atoms with E-state index in [1.807, 2.05) is 30.3 Å². The van der Waals surface area contributed by atoms with Crippen LogP contribution in [0.2, 0.25) is 0 Å². The normalized spacial score (nSPS) is 20.3. The number of hydrogen-bond donors (Lipinski definition) is 2. The maximum atomic E-state index is 11.7. The van der Waals surface area contributed by atoms with Gasteiger partial charge in [-0.15, -0.1) is 0 Å². The summed E-state index contributed by atoms with van der Waals surface area (Å²) in [6, 6.07) is 9.83. The molecule has 1 aromatic rings. The van der Waals surface area contributed by atoms with Crippen LogP contribution in [0.3, 0.4) is 0 Å². The van der Waals surface area contributed by atoms with E-state index in [0.29, 0.717) is 12.7 Å². The third-order valence-corrected chi connectivity index (χ3v) is 2.44. The van der Waals surface area contributed by atoms with Crippen molar-refractivity contribution >= 4 is 11.7 Å². The number of amides is 2. The van der Waals surface area contributed by atoms with Gasteiger partial charge in [0.2, 0.25) is 0 Å². The molecule has 2 amide bonds.